The molecule has 136 valence electrons. The third-order valence-corrected chi connectivity index (χ3v) is 5.71. The summed E-state index contributed by atoms with van der Waals surface area (Å²) in [7, 11) is 0. The lowest BCUT2D eigenvalue weighted by atomic mass is 9.88. The number of benzene rings is 3. The molecule has 0 spiro atoms. The molecule has 1 aliphatic rings. The Morgan fingerprint density at radius 2 is 1.56 bits per heavy atom. The molecule has 0 aliphatic carbocycles. The summed E-state index contributed by atoms with van der Waals surface area (Å²) in [4.78, 5) is 14.9. The Labute approximate surface area is 167 Å². The molecule has 0 aromatic heterocycles. The molecule has 1 heterocycles. The molecule has 27 heavy (non-hydrogen) atoms. The number of alkyl halides is 1. The summed E-state index contributed by atoms with van der Waals surface area (Å²) in [5, 5.41) is 11.1. The zero-order valence-electron chi connectivity index (χ0n) is 14.3. The second-order valence-corrected chi connectivity index (χ2v) is 7.45. The van der Waals surface area contributed by atoms with Crippen LogP contribution in [0.5, 0.6) is 0 Å². The molecule has 1 aliphatic heterocycles. The monoisotopic (exact) mass is 397 g/mol. The molecule has 0 saturated carbocycles. The lowest BCUT2D eigenvalue weighted by Crippen LogP contribution is -2.43. The molecule has 0 bridgehead atoms. The van der Waals surface area contributed by atoms with Crippen molar-refractivity contribution in [2.24, 2.45) is 0 Å². The van der Waals surface area contributed by atoms with E-state index in [2.05, 4.69) is 0 Å². The van der Waals surface area contributed by atoms with Gasteiger partial charge < -0.3 is 10.0 Å². The smallest absolute Gasteiger partial charge is 0.265 e. The van der Waals surface area contributed by atoms with Crippen LogP contribution in [0.15, 0.2) is 78.9 Å². The van der Waals surface area contributed by atoms with E-state index >= 15 is 0 Å². The summed E-state index contributed by atoms with van der Waals surface area (Å²) in [5.41, 5.74) is 0.950. The van der Waals surface area contributed by atoms with Crippen molar-refractivity contribution in [1.82, 2.24) is 0 Å². The molecule has 4 rings (SSSR count). The minimum Gasteiger partial charge on any atom is -0.374 e. The van der Waals surface area contributed by atoms with E-state index in [1.807, 2.05) is 42.5 Å². The van der Waals surface area contributed by atoms with Gasteiger partial charge in [0.05, 0.1) is 12.2 Å². The predicted molar refractivity (Wildman–Crippen MR) is 108 cm³/mol. The van der Waals surface area contributed by atoms with Gasteiger partial charge in [-0.1, -0.05) is 72.3 Å². The summed E-state index contributed by atoms with van der Waals surface area (Å²) in [6.07, 6.45) is 0. The van der Waals surface area contributed by atoms with Gasteiger partial charge in [-0.05, 0) is 29.3 Å². The summed E-state index contributed by atoms with van der Waals surface area (Å²) >= 11 is 12.6. The van der Waals surface area contributed by atoms with Gasteiger partial charge in [0.15, 0.2) is 5.60 Å². The first-order valence-electron chi connectivity index (χ1n) is 8.59. The van der Waals surface area contributed by atoms with Gasteiger partial charge in [-0.15, -0.1) is 11.6 Å². The fourth-order valence-electron chi connectivity index (χ4n) is 3.50. The molecule has 3 aromatic rings. The van der Waals surface area contributed by atoms with E-state index in [9.17, 15) is 9.90 Å². The number of fused-ring (bicyclic) bond motifs is 1. The first-order chi connectivity index (χ1) is 13.0. The van der Waals surface area contributed by atoms with Gasteiger partial charge in [-0.3, -0.25) is 4.79 Å². The van der Waals surface area contributed by atoms with Crippen LogP contribution in [-0.4, -0.2) is 11.0 Å². The molecule has 0 saturated heterocycles. The number of carbonyl (C=O) groups excluding carboxylic acids is 1. The van der Waals surface area contributed by atoms with Gasteiger partial charge in [0, 0.05) is 10.6 Å². The van der Waals surface area contributed by atoms with Gasteiger partial charge in [-0.2, -0.15) is 0 Å². The van der Waals surface area contributed by atoms with Crippen molar-refractivity contribution in [3.63, 3.8) is 0 Å². The standard InChI is InChI=1S/C22H17Cl2NO2/c23-17-12-10-16(11-13-17)20(24)22(27)18-8-4-5-9-19(18)25(21(22)26)14-15-6-2-1-3-7-15/h1-13,20,27H,14H2. The summed E-state index contributed by atoms with van der Waals surface area (Å²) < 4.78 is 0. The first kappa shape index (κ1) is 18.1. The van der Waals surface area contributed by atoms with Gasteiger partial charge in [-0.25, -0.2) is 0 Å². The largest absolute Gasteiger partial charge is 0.374 e. The molecule has 2 atom stereocenters. The number of nitrogens with zero attached hydrogens (tertiary/aromatic N) is 1. The van der Waals surface area contributed by atoms with Gasteiger partial charge in [0.25, 0.3) is 5.91 Å². The van der Waals surface area contributed by atoms with Crippen LogP contribution >= 0.6 is 23.2 Å². The molecule has 3 aromatic carbocycles. The van der Waals surface area contributed by atoms with Crippen LogP contribution in [0.1, 0.15) is 22.1 Å². The molecule has 5 heteroatoms. The Kier molecular flexibility index (Phi) is 4.68. The van der Waals surface area contributed by atoms with E-state index in [0.29, 0.717) is 28.4 Å². The number of para-hydroxylation sites is 1. The lowest BCUT2D eigenvalue weighted by molar-refractivity contribution is -0.136. The van der Waals surface area contributed by atoms with Crippen LogP contribution < -0.4 is 4.90 Å². The van der Waals surface area contributed by atoms with Crippen molar-refractivity contribution in [3.8, 4) is 0 Å². The number of rotatable bonds is 4. The van der Waals surface area contributed by atoms with Crippen LogP contribution in [0.2, 0.25) is 5.02 Å². The van der Waals surface area contributed by atoms with Crippen molar-refractivity contribution in [2.45, 2.75) is 17.5 Å². The Morgan fingerprint density at radius 3 is 2.26 bits per heavy atom. The predicted octanol–water partition coefficient (Wildman–Crippen LogP) is 5.05. The number of hydrogen-bond donors (Lipinski definition) is 1. The average Bonchev–Trinajstić information content (AvgIpc) is 2.92. The Morgan fingerprint density at radius 1 is 0.926 bits per heavy atom. The van der Waals surface area contributed by atoms with Crippen molar-refractivity contribution in [1.29, 1.82) is 0 Å². The Balaban J connectivity index is 1.77. The summed E-state index contributed by atoms with van der Waals surface area (Å²) in [5.74, 6) is -0.428. The molecule has 3 nitrogen and oxygen atoms in total. The highest BCUT2D eigenvalue weighted by atomic mass is 35.5. The maximum absolute atomic E-state index is 13.3. The molecule has 2 unspecified atom stereocenters. The van der Waals surface area contributed by atoms with Crippen molar-refractivity contribution < 1.29 is 9.90 Å². The summed E-state index contributed by atoms with van der Waals surface area (Å²) in [6.45, 7) is 0.364. The van der Waals surface area contributed by atoms with Crippen molar-refractivity contribution in [3.05, 3.63) is 101 Å². The molecule has 1 N–H and O–H groups in total. The zero-order chi connectivity index (χ0) is 19.0. The third kappa shape index (κ3) is 3.02. The van der Waals surface area contributed by atoms with Crippen LogP contribution in [-0.2, 0) is 16.9 Å². The minimum absolute atomic E-state index is 0.364. The number of anilines is 1. The van der Waals surface area contributed by atoms with Crippen LogP contribution in [0, 0.1) is 0 Å². The molecular formula is C22H17Cl2NO2. The summed E-state index contributed by atoms with van der Waals surface area (Å²) in [6, 6.07) is 23.8. The molecule has 0 radical (unpaired) electrons. The van der Waals surface area contributed by atoms with Crippen molar-refractivity contribution in [2.75, 3.05) is 4.90 Å². The van der Waals surface area contributed by atoms with Gasteiger partial charge in [0.2, 0.25) is 0 Å². The van der Waals surface area contributed by atoms with Crippen LogP contribution in [0.25, 0.3) is 0 Å². The van der Waals surface area contributed by atoms with Crippen LogP contribution in [0.4, 0.5) is 5.69 Å². The molecular weight excluding hydrogens is 381 g/mol. The second kappa shape index (κ2) is 7.01. The van der Waals surface area contributed by atoms with E-state index in [1.54, 1.807) is 41.3 Å². The Bertz CT molecular complexity index is 975. The number of carbonyl (C=O) groups is 1. The van der Waals surface area contributed by atoms with E-state index < -0.39 is 16.9 Å². The van der Waals surface area contributed by atoms with Crippen LogP contribution in [0.3, 0.4) is 0 Å². The van der Waals surface area contributed by atoms with E-state index in [4.69, 9.17) is 23.2 Å². The highest BCUT2D eigenvalue weighted by Crippen LogP contribution is 2.50. The average molecular weight is 398 g/mol. The topological polar surface area (TPSA) is 40.5 Å². The number of hydrogen-bond acceptors (Lipinski definition) is 2. The van der Waals surface area contributed by atoms with E-state index in [0.717, 1.165) is 5.56 Å². The minimum atomic E-state index is -1.85. The number of aliphatic hydroxyl groups is 1. The highest BCUT2D eigenvalue weighted by molar-refractivity contribution is 6.30. The lowest BCUT2D eigenvalue weighted by Gasteiger charge is -2.28. The third-order valence-electron chi connectivity index (χ3n) is 4.89. The maximum atomic E-state index is 13.3. The quantitative estimate of drug-likeness (QED) is 0.625. The normalized spacial score (nSPS) is 19.8. The van der Waals surface area contributed by atoms with E-state index in [1.165, 1.54) is 0 Å². The van der Waals surface area contributed by atoms with Gasteiger partial charge >= 0.3 is 0 Å². The van der Waals surface area contributed by atoms with Gasteiger partial charge in [0.1, 0.15) is 5.38 Å². The highest BCUT2D eigenvalue weighted by Gasteiger charge is 2.54. The zero-order valence-corrected chi connectivity index (χ0v) is 15.9. The second-order valence-electron chi connectivity index (χ2n) is 6.57. The SMILES string of the molecule is O=C1N(Cc2ccccc2)c2ccccc2C1(O)C(Cl)c1ccc(Cl)cc1. The van der Waals surface area contributed by atoms with Crippen molar-refractivity contribution >= 4 is 34.8 Å². The molecule has 0 fully saturated rings. The number of halogens is 2. The maximum Gasteiger partial charge on any atom is 0.265 e. The number of amides is 1. The fourth-order valence-corrected chi connectivity index (χ4v) is 3.98. The fraction of sp³-hybridized carbons (Fsp3) is 0.136. The van der Waals surface area contributed by atoms with E-state index in [-0.39, 0.29) is 0 Å². The first-order valence-corrected chi connectivity index (χ1v) is 9.40. The molecule has 1 amide bonds. The Hall–Kier alpha value is -2.33.